The molecule has 1 saturated heterocycles. The van der Waals surface area contributed by atoms with Crippen molar-refractivity contribution in [1.82, 2.24) is 25.0 Å². The Kier molecular flexibility index (Phi) is 4.30. The fourth-order valence-corrected chi connectivity index (χ4v) is 2.98. The van der Waals surface area contributed by atoms with Crippen LogP contribution in [-0.2, 0) is 0 Å². The molecule has 4 rings (SSSR count). The average Bonchev–Trinajstić information content (AvgIpc) is 3.38. The molecule has 132 valence electrons. The number of carbonyl (C=O) groups is 1. The molecule has 3 aromatic heterocycles. The summed E-state index contributed by atoms with van der Waals surface area (Å²) in [6.07, 6.45) is 5.69. The third-order valence-electron chi connectivity index (χ3n) is 4.40. The van der Waals surface area contributed by atoms with E-state index in [9.17, 15) is 4.79 Å². The first-order chi connectivity index (χ1) is 12.7. The van der Waals surface area contributed by atoms with Crippen molar-refractivity contribution in [3.63, 3.8) is 0 Å². The van der Waals surface area contributed by atoms with E-state index in [1.807, 2.05) is 12.1 Å². The fourth-order valence-electron chi connectivity index (χ4n) is 2.98. The van der Waals surface area contributed by atoms with Crippen LogP contribution >= 0.6 is 0 Å². The zero-order chi connectivity index (χ0) is 17.9. The molecule has 1 aliphatic heterocycles. The van der Waals surface area contributed by atoms with Gasteiger partial charge in [-0.3, -0.25) is 9.78 Å². The molecule has 0 N–H and O–H groups in total. The van der Waals surface area contributed by atoms with E-state index in [-0.39, 0.29) is 11.8 Å². The van der Waals surface area contributed by atoms with Gasteiger partial charge in [0.05, 0.1) is 12.7 Å². The minimum atomic E-state index is -0.0551. The second-order valence-corrected chi connectivity index (χ2v) is 6.02. The Labute approximate surface area is 149 Å². The van der Waals surface area contributed by atoms with Gasteiger partial charge < -0.3 is 14.2 Å². The minimum Gasteiger partial charge on any atom is -0.481 e. The molecule has 0 aromatic carbocycles. The van der Waals surface area contributed by atoms with Crippen molar-refractivity contribution in [1.29, 1.82) is 0 Å². The second-order valence-electron chi connectivity index (χ2n) is 6.02. The molecule has 0 radical (unpaired) electrons. The monoisotopic (exact) mass is 351 g/mol. The van der Waals surface area contributed by atoms with Crippen molar-refractivity contribution >= 4 is 5.91 Å². The Morgan fingerprint density at radius 1 is 1.27 bits per heavy atom. The maximum Gasteiger partial charge on any atom is 0.258 e. The van der Waals surface area contributed by atoms with E-state index in [2.05, 4.69) is 20.1 Å². The van der Waals surface area contributed by atoms with Gasteiger partial charge in [-0.05, 0) is 24.6 Å². The van der Waals surface area contributed by atoms with Crippen molar-refractivity contribution < 1.29 is 14.1 Å². The normalized spacial score (nSPS) is 16.7. The molecule has 26 heavy (non-hydrogen) atoms. The van der Waals surface area contributed by atoms with Crippen LogP contribution in [-0.4, -0.2) is 51.1 Å². The number of nitrogens with zero attached hydrogens (tertiary/aromatic N) is 5. The Balaban J connectivity index is 1.45. The number of aromatic nitrogens is 4. The summed E-state index contributed by atoms with van der Waals surface area (Å²) in [6, 6.07) is 7.04. The number of likely N-dealkylation sites (tertiary alicyclic amines) is 1. The summed E-state index contributed by atoms with van der Waals surface area (Å²) in [7, 11) is 1.54. The smallest absolute Gasteiger partial charge is 0.258 e. The number of rotatable bonds is 4. The Morgan fingerprint density at radius 3 is 2.85 bits per heavy atom. The van der Waals surface area contributed by atoms with Gasteiger partial charge in [-0.25, -0.2) is 4.98 Å². The van der Waals surface area contributed by atoms with Gasteiger partial charge >= 0.3 is 0 Å². The molecule has 0 spiro atoms. The van der Waals surface area contributed by atoms with Gasteiger partial charge in [-0.2, -0.15) is 4.98 Å². The lowest BCUT2D eigenvalue weighted by atomic mass is 10.1. The number of methoxy groups -OCH3 is 1. The molecule has 1 atom stereocenters. The van der Waals surface area contributed by atoms with E-state index >= 15 is 0 Å². The van der Waals surface area contributed by atoms with Crippen molar-refractivity contribution in [2.24, 2.45) is 0 Å². The zero-order valence-corrected chi connectivity index (χ0v) is 14.2. The van der Waals surface area contributed by atoms with Crippen LogP contribution in [0.1, 0.15) is 28.5 Å². The summed E-state index contributed by atoms with van der Waals surface area (Å²) < 4.78 is 10.4. The highest BCUT2D eigenvalue weighted by molar-refractivity contribution is 5.94. The van der Waals surface area contributed by atoms with Crippen LogP contribution in [0.2, 0.25) is 0 Å². The summed E-state index contributed by atoms with van der Waals surface area (Å²) in [5.41, 5.74) is 1.37. The summed E-state index contributed by atoms with van der Waals surface area (Å²) >= 11 is 0. The first kappa shape index (κ1) is 16.2. The number of hydrogen-bond acceptors (Lipinski definition) is 7. The molecule has 1 unspecified atom stereocenters. The molecule has 0 saturated carbocycles. The van der Waals surface area contributed by atoms with E-state index in [0.29, 0.717) is 36.2 Å². The SMILES string of the molecule is COc1ccc(C(=O)N2CCC(c3noc(-c4ccncc4)n3)C2)cn1. The number of carbonyl (C=O) groups excluding carboxylic acids is 1. The van der Waals surface area contributed by atoms with Crippen LogP contribution in [0, 0.1) is 0 Å². The van der Waals surface area contributed by atoms with E-state index in [4.69, 9.17) is 9.26 Å². The molecular formula is C18H17N5O3. The highest BCUT2D eigenvalue weighted by Gasteiger charge is 2.31. The average molecular weight is 351 g/mol. The van der Waals surface area contributed by atoms with E-state index in [1.54, 1.807) is 36.5 Å². The highest BCUT2D eigenvalue weighted by atomic mass is 16.5. The van der Waals surface area contributed by atoms with E-state index < -0.39 is 0 Å². The van der Waals surface area contributed by atoms with Crippen molar-refractivity contribution in [3.05, 3.63) is 54.2 Å². The first-order valence-electron chi connectivity index (χ1n) is 8.28. The molecule has 0 bridgehead atoms. The Bertz CT molecular complexity index is 895. The molecule has 3 aromatic rings. The van der Waals surface area contributed by atoms with E-state index in [1.165, 1.54) is 6.20 Å². The van der Waals surface area contributed by atoms with Gasteiger partial charge in [0.2, 0.25) is 5.88 Å². The molecule has 4 heterocycles. The minimum absolute atomic E-state index is 0.0551. The van der Waals surface area contributed by atoms with Crippen molar-refractivity contribution in [2.45, 2.75) is 12.3 Å². The maximum atomic E-state index is 12.6. The molecule has 1 fully saturated rings. The largest absolute Gasteiger partial charge is 0.481 e. The number of pyridine rings is 2. The van der Waals surface area contributed by atoms with Crippen LogP contribution in [0.15, 0.2) is 47.4 Å². The summed E-state index contributed by atoms with van der Waals surface area (Å²) in [4.78, 5) is 27.0. The van der Waals surface area contributed by atoms with Gasteiger partial charge in [0.25, 0.3) is 11.8 Å². The first-order valence-corrected chi connectivity index (χ1v) is 8.28. The highest BCUT2D eigenvalue weighted by Crippen LogP contribution is 2.28. The summed E-state index contributed by atoms with van der Waals surface area (Å²) in [5.74, 6) is 1.58. The van der Waals surface area contributed by atoms with Crippen molar-refractivity contribution in [3.8, 4) is 17.3 Å². The Hall–Kier alpha value is -3.29. The van der Waals surface area contributed by atoms with Gasteiger partial charge in [0, 0.05) is 49.2 Å². The summed E-state index contributed by atoms with van der Waals surface area (Å²) in [5, 5.41) is 4.09. The molecule has 0 aliphatic carbocycles. The van der Waals surface area contributed by atoms with Gasteiger partial charge in [0.1, 0.15) is 0 Å². The number of hydrogen-bond donors (Lipinski definition) is 0. The van der Waals surface area contributed by atoms with Crippen LogP contribution in [0.4, 0.5) is 0 Å². The van der Waals surface area contributed by atoms with Crippen LogP contribution in [0.3, 0.4) is 0 Å². The zero-order valence-electron chi connectivity index (χ0n) is 14.2. The predicted molar refractivity (Wildman–Crippen MR) is 91.6 cm³/mol. The molecule has 1 amide bonds. The summed E-state index contributed by atoms with van der Waals surface area (Å²) in [6.45, 7) is 1.20. The van der Waals surface area contributed by atoms with E-state index in [0.717, 1.165) is 12.0 Å². The van der Waals surface area contributed by atoms with Gasteiger partial charge in [0.15, 0.2) is 5.82 Å². The predicted octanol–water partition coefficient (Wildman–Crippen LogP) is 2.16. The molecule has 8 heteroatoms. The maximum absolute atomic E-state index is 12.6. The molecule has 8 nitrogen and oxygen atoms in total. The third kappa shape index (κ3) is 3.13. The van der Waals surface area contributed by atoms with Gasteiger partial charge in [-0.1, -0.05) is 5.16 Å². The van der Waals surface area contributed by atoms with Gasteiger partial charge in [-0.15, -0.1) is 0 Å². The standard InChI is InChI=1S/C18H17N5O3/c1-25-15-3-2-13(10-20-15)18(24)23-9-6-14(11-23)16-21-17(26-22-16)12-4-7-19-8-5-12/h2-5,7-8,10,14H,6,9,11H2,1H3. The third-order valence-corrected chi connectivity index (χ3v) is 4.40. The fraction of sp³-hybridized carbons (Fsp3) is 0.278. The van der Waals surface area contributed by atoms with Crippen LogP contribution in [0.5, 0.6) is 5.88 Å². The van der Waals surface area contributed by atoms with Crippen molar-refractivity contribution in [2.75, 3.05) is 20.2 Å². The lowest BCUT2D eigenvalue weighted by molar-refractivity contribution is 0.0790. The van der Waals surface area contributed by atoms with Crippen LogP contribution in [0.25, 0.3) is 11.5 Å². The molecule has 1 aliphatic rings. The molecular weight excluding hydrogens is 334 g/mol. The second kappa shape index (κ2) is 6.91. The topological polar surface area (TPSA) is 94.2 Å². The van der Waals surface area contributed by atoms with Crippen LogP contribution < -0.4 is 4.74 Å². The number of amides is 1. The number of ether oxygens (including phenoxy) is 1. The Morgan fingerprint density at radius 2 is 2.12 bits per heavy atom. The quantitative estimate of drug-likeness (QED) is 0.711. The lowest BCUT2D eigenvalue weighted by Gasteiger charge is -2.15. The lowest BCUT2D eigenvalue weighted by Crippen LogP contribution is -2.28.